The Hall–Kier alpha value is -3.04. The molecular weight excluding hydrogens is 408 g/mol. The van der Waals surface area contributed by atoms with Crippen LogP contribution >= 0.6 is 0 Å². The van der Waals surface area contributed by atoms with Crippen molar-refractivity contribution in [3.05, 3.63) is 81.1 Å². The van der Waals surface area contributed by atoms with E-state index >= 15 is 0 Å². The van der Waals surface area contributed by atoms with Crippen molar-refractivity contribution in [1.82, 2.24) is 24.8 Å². The largest absolute Gasteiger partial charge is 0.619 e. The molecule has 0 aromatic carbocycles. The summed E-state index contributed by atoms with van der Waals surface area (Å²) in [4.78, 5) is 25.0. The summed E-state index contributed by atoms with van der Waals surface area (Å²) in [6.45, 7) is 4.59. The van der Waals surface area contributed by atoms with Crippen molar-refractivity contribution in [2.45, 2.75) is 51.7 Å². The molecule has 0 saturated heterocycles. The molecule has 9 heteroatoms. The van der Waals surface area contributed by atoms with Crippen molar-refractivity contribution >= 4 is 0 Å². The highest BCUT2D eigenvalue weighted by molar-refractivity contribution is 5.25. The van der Waals surface area contributed by atoms with Crippen LogP contribution in [-0.4, -0.2) is 39.6 Å². The molecule has 0 radical (unpaired) electrons. The van der Waals surface area contributed by atoms with E-state index in [9.17, 15) is 10.0 Å². The molecule has 3 aromatic heterocycles. The molecule has 3 heterocycles. The predicted molar refractivity (Wildman–Crippen MR) is 119 cm³/mol. The van der Waals surface area contributed by atoms with Gasteiger partial charge in [-0.25, -0.2) is 9.97 Å². The van der Waals surface area contributed by atoms with Gasteiger partial charge in [0, 0.05) is 37.3 Å². The van der Waals surface area contributed by atoms with Crippen molar-refractivity contribution < 1.29 is 9.15 Å². The van der Waals surface area contributed by atoms with Crippen LogP contribution in [0.4, 0.5) is 0 Å². The monoisotopic (exact) mass is 438 g/mol. The highest BCUT2D eigenvalue weighted by atomic mass is 16.5. The normalized spacial score (nSPS) is 14.1. The summed E-state index contributed by atoms with van der Waals surface area (Å²) in [6, 6.07) is 3.60. The lowest BCUT2D eigenvalue weighted by Gasteiger charge is -2.32. The van der Waals surface area contributed by atoms with Gasteiger partial charge in [0.15, 0.2) is 12.4 Å². The fourth-order valence-electron chi connectivity index (χ4n) is 4.41. The number of hydrogen-bond donors (Lipinski definition) is 1. The Labute approximate surface area is 187 Å². The molecule has 0 amide bonds. The Kier molecular flexibility index (Phi) is 6.96. The van der Waals surface area contributed by atoms with E-state index in [0.29, 0.717) is 12.4 Å². The second-order valence-electron chi connectivity index (χ2n) is 8.13. The van der Waals surface area contributed by atoms with Gasteiger partial charge in [0.2, 0.25) is 5.89 Å². The van der Waals surface area contributed by atoms with Crippen LogP contribution in [0.15, 0.2) is 46.2 Å². The Bertz CT molecular complexity index is 1080. The van der Waals surface area contributed by atoms with Gasteiger partial charge in [-0.05, 0) is 38.3 Å². The molecule has 0 fully saturated rings. The summed E-state index contributed by atoms with van der Waals surface area (Å²) in [5, 5.41) is 14.7. The van der Waals surface area contributed by atoms with Gasteiger partial charge in [-0.15, -0.1) is 0 Å². The third-order valence-corrected chi connectivity index (χ3v) is 6.03. The molecule has 1 atom stereocenters. The van der Waals surface area contributed by atoms with Crippen molar-refractivity contribution in [2.24, 2.45) is 0 Å². The number of oxazole rings is 1. The standard InChI is InChI=1S/C23H30N6O3/c1-3-20(27(13-9-24-2)15-17-7-11-28(31)12-8-17)22-26-19-6-4-5-18(19)23(30)29(22)16-21-25-10-14-32-21/h7-8,10-12,14,20,24H,3-6,9,13,15-16H2,1-2H3. The average molecular weight is 439 g/mol. The second-order valence-corrected chi connectivity index (χ2v) is 8.13. The summed E-state index contributed by atoms with van der Waals surface area (Å²) >= 11 is 0. The number of nitrogens with zero attached hydrogens (tertiary/aromatic N) is 5. The minimum absolute atomic E-state index is 0.0137. The number of hydrogen-bond acceptors (Lipinski definition) is 7. The summed E-state index contributed by atoms with van der Waals surface area (Å²) < 4.78 is 7.99. The van der Waals surface area contributed by atoms with Crippen molar-refractivity contribution in [3.8, 4) is 0 Å². The molecule has 0 bridgehead atoms. The van der Waals surface area contributed by atoms with Crippen molar-refractivity contribution in [1.29, 1.82) is 0 Å². The molecule has 9 nitrogen and oxygen atoms in total. The van der Waals surface area contributed by atoms with Crippen LogP contribution in [-0.2, 0) is 25.9 Å². The van der Waals surface area contributed by atoms with Gasteiger partial charge >= 0.3 is 0 Å². The van der Waals surface area contributed by atoms with E-state index in [1.807, 2.05) is 19.2 Å². The van der Waals surface area contributed by atoms with Crippen LogP contribution in [0, 0.1) is 5.21 Å². The third kappa shape index (κ3) is 4.73. The average Bonchev–Trinajstić information content (AvgIpc) is 3.48. The maximum Gasteiger partial charge on any atom is 0.257 e. The van der Waals surface area contributed by atoms with E-state index in [1.54, 1.807) is 10.8 Å². The van der Waals surface area contributed by atoms with Gasteiger partial charge in [0.1, 0.15) is 18.6 Å². The maximum absolute atomic E-state index is 13.4. The fraction of sp³-hybridized carbons (Fsp3) is 0.478. The molecule has 1 N–H and O–H groups in total. The van der Waals surface area contributed by atoms with Crippen LogP contribution in [0.3, 0.4) is 0 Å². The molecule has 1 aliphatic rings. The number of fused-ring (bicyclic) bond motifs is 1. The van der Waals surface area contributed by atoms with E-state index in [1.165, 1.54) is 18.7 Å². The molecule has 0 saturated carbocycles. The van der Waals surface area contributed by atoms with Gasteiger partial charge in [-0.2, -0.15) is 4.73 Å². The Balaban J connectivity index is 1.75. The zero-order valence-electron chi connectivity index (χ0n) is 18.7. The minimum atomic E-state index is -0.0727. The Morgan fingerprint density at radius 3 is 2.84 bits per heavy atom. The van der Waals surface area contributed by atoms with Gasteiger partial charge < -0.3 is 14.9 Å². The van der Waals surface area contributed by atoms with Crippen molar-refractivity contribution in [2.75, 3.05) is 20.1 Å². The van der Waals surface area contributed by atoms with Crippen molar-refractivity contribution in [3.63, 3.8) is 0 Å². The predicted octanol–water partition coefficient (Wildman–Crippen LogP) is 1.57. The number of nitrogens with one attached hydrogen (secondary N) is 1. The highest BCUT2D eigenvalue weighted by Gasteiger charge is 2.28. The lowest BCUT2D eigenvalue weighted by atomic mass is 10.1. The Morgan fingerprint density at radius 2 is 2.16 bits per heavy atom. The summed E-state index contributed by atoms with van der Waals surface area (Å²) in [7, 11) is 1.92. The topological polar surface area (TPSA) is 103 Å². The van der Waals surface area contributed by atoms with E-state index in [2.05, 4.69) is 22.1 Å². The molecule has 32 heavy (non-hydrogen) atoms. The van der Waals surface area contributed by atoms with Crippen LogP contribution < -0.4 is 15.6 Å². The van der Waals surface area contributed by atoms with Crippen LogP contribution in [0.1, 0.15) is 54.3 Å². The van der Waals surface area contributed by atoms with Gasteiger partial charge in [0.05, 0.1) is 17.9 Å². The highest BCUT2D eigenvalue weighted by Crippen LogP contribution is 2.27. The fourth-order valence-corrected chi connectivity index (χ4v) is 4.41. The van der Waals surface area contributed by atoms with E-state index in [4.69, 9.17) is 9.40 Å². The number of aromatic nitrogens is 4. The van der Waals surface area contributed by atoms with E-state index in [0.717, 1.165) is 66.1 Å². The summed E-state index contributed by atoms with van der Waals surface area (Å²) in [5.74, 6) is 1.25. The molecule has 170 valence electrons. The number of pyridine rings is 1. The summed E-state index contributed by atoms with van der Waals surface area (Å²) in [5.41, 5.74) is 2.79. The maximum atomic E-state index is 13.4. The smallest absolute Gasteiger partial charge is 0.257 e. The SMILES string of the molecule is CCC(c1nc2c(c(=O)n1Cc1ncco1)CCC2)N(CCNC)Cc1cc[n+]([O-])cc1. The molecule has 1 aliphatic carbocycles. The first-order valence-corrected chi connectivity index (χ1v) is 11.2. The molecule has 1 unspecified atom stereocenters. The first-order chi connectivity index (χ1) is 15.6. The second kappa shape index (κ2) is 10.1. The summed E-state index contributed by atoms with van der Waals surface area (Å²) in [6.07, 6.45) is 9.49. The molecule has 4 rings (SSSR count). The van der Waals surface area contributed by atoms with E-state index in [-0.39, 0.29) is 18.1 Å². The third-order valence-electron chi connectivity index (χ3n) is 6.03. The molecule has 3 aromatic rings. The minimum Gasteiger partial charge on any atom is -0.619 e. The van der Waals surface area contributed by atoms with Crippen LogP contribution in [0.2, 0.25) is 0 Å². The van der Waals surface area contributed by atoms with Gasteiger partial charge in [-0.3, -0.25) is 14.3 Å². The lowest BCUT2D eigenvalue weighted by Crippen LogP contribution is -2.39. The zero-order chi connectivity index (χ0) is 22.5. The number of rotatable bonds is 10. The molecular formula is C23H30N6O3. The number of likely N-dealkylation sites (N-methyl/N-ethyl adjacent to an activating group) is 1. The van der Waals surface area contributed by atoms with Gasteiger partial charge in [-0.1, -0.05) is 6.92 Å². The van der Waals surface area contributed by atoms with Crippen LogP contribution in [0.5, 0.6) is 0 Å². The van der Waals surface area contributed by atoms with E-state index < -0.39 is 0 Å². The first-order valence-electron chi connectivity index (χ1n) is 11.2. The molecule has 0 aliphatic heterocycles. The zero-order valence-corrected chi connectivity index (χ0v) is 18.7. The van der Waals surface area contributed by atoms with Gasteiger partial charge in [0.25, 0.3) is 5.56 Å². The molecule has 0 spiro atoms. The number of aryl methyl sites for hydroxylation is 1. The first kappa shape index (κ1) is 22.2. The Morgan fingerprint density at radius 1 is 1.34 bits per heavy atom. The van der Waals surface area contributed by atoms with Crippen LogP contribution in [0.25, 0.3) is 0 Å². The quantitative estimate of drug-likeness (QED) is 0.379. The lowest BCUT2D eigenvalue weighted by molar-refractivity contribution is -0.605.